The third-order valence-electron chi connectivity index (χ3n) is 22.0. The molecule has 3 fully saturated rings. The SMILES string of the molecule is CCCCCCCCCCCCCCCCCCCCCC/C=C/C(O)C(COC1OC(CO)C(OC2OC(CO)C(O)C(OC3(C(=O)O)CC(O)C(NC(C)=O)C(C(O)C(O)CO)O3)C2O)C(O)C1O)NC(=O)CCCCCCCCCCCCCCCCCCCCCCCCCCCCCCCC. The summed E-state index contributed by atoms with van der Waals surface area (Å²) in [6, 6.07) is -2.62. The van der Waals surface area contributed by atoms with Crippen LogP contribution in [0.4, 0.5) is 0 Å². The fraction of sp³-hybridized carbons (Fsp3) is 0.940. The van der Waals surface area contributed by atoms with E-state index in [4.69, 9.17) is 28.4 Å². The van der Waals surface area contributed by atoms with Crippen LogP contribution in [-0.4, -0.2) is 215 Å². The van der Waals surface area contributed by atoms with E-state index in [1.165, 1.54) is 270 Å². The fourth-order valence-corrected chi connectivity index (χ4v) is 15.2. The maximum absolute atomic E-state index is 13.6. The van der Waals surface area contributed by atoms with Crippen LogP contribution in [0.3, 0.4) is 0 Å². The van der Waals surface area contributed by atoms with Crippen molar-refractivity contribution < 1.29 is 104 Å². The average molecular weight is 1520 g/mol. The monoisotopic (exact) mass is 1520 g/mol. The molecule has 18 atom stereocenters. The quantitative estimate of drug-likeness (QED) is 0.0199. The lowest BCUT2D eigenvalue weighted by Gasteiger charge is -2.50. The lowest BCUT2D eigenvalue weighted by molar-refractivity contribution is -0.386. The molecule has 23 nitrogen and oxygen atoms in total. The second-order valence-corrected chi connectivity index (χ2v) is 31.4. The molecule has 3 heterocycles. The Hall–Kier alpha value is -2.53. The maximum atomic E-state index is 13.6. The fourth-order valence-electron chi connectivity index (χ4n) is 15.2. The molecule has 0 radical (unpaired) electrons. The number of carbonyl (C=O) groups is 3. The zero-order valence-corrected chi connectivity index (χ0v) is 66.3. The molecular formula is C83H156N2O21. The number of carboxylic acid groups (broad SMARTS) is 1. The average Bonchev–Trinajstić information content (AvgIpc) is 0.754. The third-order valence-corrected chi connectivity index (χ3v) is 22.0. The van der Waals surface area contributed by atoms with Crippen LogP contribution >= 0.6 is 0 Å². The van der Waals surface area contributed by atoms with Gasteiger partial charge in [0.2, 0.25) is 11.8 Å². The Morgan fingerprint density at radius 2 is 0.877 bits per heavy atom. The number of unbranched alkanes of at least 4 members (excludes halogenated alkanes) is 49. The number of carboxylic acids is 1. The van der Waals surface area contributed by atoms with Crippen LogP contribution in [0.15, 0.2) is 12.2 Å². The van der Waals surface area contributed by atoms with E-state index in [2.05, 4.69) is 24.5 Å². The third kappa shape index (κ3) is 41.3. The molecule has 0 aromatic carbocycles. The topological polar surface area (TPSA) is 373 Å². The highest BCUT2D eigenvalue weighted by atomic mass is 16.8. The van der Waals surface area contributed by atoms with Crippen molar-refractivity contribution >= 4 is 17.8 Å². The number of rotatable bonds is 69. The van der Waals surface area contributed by atoms with Gasteiger partial charge in [0.25, 0.3) is 5.79 Å². The van der Waals surface area contributed by atoms with Crippen LogP contribution in [0.5, 0.6) is 0 Å². The molecule has 23 heteroatoms. The zero-order valence-electron chi connectivity index (χ0n) is 66.3. The number of carbonyl (C=O) groups excluding carboxylic acids is 2. The van der Waals surface area contributed by atoms with Gasteiger partial charge < -0.3 is 100 Å². The van der Waals surface area contributed by atoms with E-state index in [1.54, 1.807) is 6.08 Å². The molecule has 14 N–H and O–H groups in total. The molecule has 3 rings (SSSR count). The summed E-state index contributed by atoms with van der Waals surface area (Å²) >= 11 is 0. The Morgan fingerprint density at radius 1 is 0.491 bits per heavy atom. The number of aliphatic hydroxyl groups is 11. The van der Waals surface area contributed by atoms with Crippen molar-refractivity contribution in [3.8, 4) is 0 Å². The van der Waals surface area contributed by atoms with Gasteiger partial charge in [-0.3, -0.25) is 9.59 Å². The van der Waals surface area contributed by atoms with E-state index in [1.807, 2.05) is 6.08 Å². The van der Waals surface area contributed by atoms with Crippen LogP contribution in [0.1, 0.15) is 361 Å². The second-order valence-electron chi connectivity index (χ2n) is 31.4. The standard InChI is InChI=1S/C83H156N2O21/c1-4-6-8-10-12-14-16-18-20-22-24-26-28-29-30-31-32-33-34-35-37-39-41-43-45-47-49-51-53-55-57-70(93)85-64(65(90)56-54-52-50-48-46-44-42-40-38-36-27-25-23-21-19-17-15-13-11-9-7-5-2)62-101-80-75(97)74(96)77(69(61-88)103-80)104-81-76(98)79(73(95)68(60-87)102-81)106-83(82(99)100)58-66(91)71(84-63(3)89)78(105-83)72(94)67(92)59-86/h54,56,64-69,71-81,86-88,90-92,94-98H,4-53,55,57-62H2,1-3H3,(H,84,89)(H,85,93)(H,99,100)/b56-54+. The first-order valence-electron chi connectivity index (χ1n) is 43.1. The van der Waals surface area contributed by atoms with Gasteiger partial charge in [0.15, 0.2) is 12.6 Å². The van der Waals surface area contributed by atoms with E-state index in [0.717, 1.165) is 51.9 Å². The van der Waals surface area contributed by atoms with Crippen LogP contribution in [0.25, 0.3) is 0 Å². The first-order chi connectivity index (χ1) is 51.4. The van der Waals surface area contributed by atoms with Gasteiger partial charge in [-0.05, 0) is 19.3 Å². The molecule has 0 aromatic rings. The highest BCUT2D eigenvalue weighted by Crippen LogP contribution is 2.39. The van der Waals surface area contributed by atoms with Crippen molar-refractivity contribution in [1.29, 1.82) is 0 Å². The van der Waals surface area contributed by atoms with Crippen molar-refractivity contribution in [1.82, 2.24) is 10.6 Å². The van der Waals surface area contributed by atoms with Crippen molar-refractivity contribution in [2.45, 2.75) is 471 Å². The van der Waals surface area contributed by atoms with Gasteiger partial charge >= 0.3 is 5.97 Å². The Labute approximate surface area is 639 Å². The number of nitrogens with one attached hydrogen (secondary N) is 2. The summed E-state index contributed by atoms with van der Waals surface area (Å²) < 4.78 is 35.0. The highest BCUT2D eigenvalue weighted by molar-refractivity contribution is 5.77. The van der Waals surface area contributed by atoms with E-state index in [0.29, 0.717) is 12.8 Å². The summed E-state index contributed by atoms with van der Waals surface area (Å²) in [5.74, 6) is -6.13. The molecule has 0 saturated carbocycles. The molecule has 3 saturated heterocycles. The van der Waals surface area contributed by atoms with Gasteiger partial charge in [-0.1, -0.05) is 334 Å². The zero-order chi connectivity index (χ0) is 77.4. The molecule has 18 unspecified atom stereocenters. The lowest BCUT2D eigenvalue weighted by atomic mass is 9.88. The van der Waals surface area contributed by atoms with Gasteiger partial charge in [0.1, 0.15) is 67.1 Å². The Morgan fingerprint density at radius 3 is 1.25 bits per heavy atom. The van der Waals surface area contributed by atoms with Gasteiger partial charge in [0, 0.05) is 19.8 Å². The largest absolute Gasteiger partial charge is 0.477 e. The number of aliphatic hydroxyl groups excluding tert-OH is 11. The maximum Gasteiger partial charge on any atom is 0.364 e. The van der Waals surface area contributed by atoms with Gasteiger partial charge in [-0.2, -0.15) is 0 Å². The summed E-state index contributed by atoms with van der Waals surface area (Å²) in [5, 5.41) is 137. The highest BCUT2D eigenvalue weighted by Gasteiger charge is 2.60. The van der Waals surface area contributed by atoms with Crippen LogP contribution < -0.4 is 10.6 Å². The minimum atomic E-state index is -3.08. The normalized spacial score (nSPS) is 26.1. The molecule has 2 amide bonds. The van der Waals surface area contributed by atoms with Gasteiger partial charge in [0.05, 0.1) is 50.7 Å². The summed E-state index contributed by atoms with van der Waals surface area (Å²) in [7, 11) is 0. The number of ether oxygens (including phenoxy) is 6. The van der Waals surface area contributed by atoms with E-state index >= 15 is 0 Å². The summed E-state index contributed by atoms with van der Waals surface area (Å²) in [6.07, 6.45) is 39.7. The Kier molecular flexibility index (Phi) is 57.1. The first-order valence-corrected chi connectivity index (χ1v) is 43.1. The number of allylic oxidation sites excluding steroid dienone is 1. The van der Waals surface area contributed by atoms with Crippen LogP contribution in [0.2, 0.25) is 0 Å². The number of aliphatic carboxylic acids is 1. The molecule has 0 aromatic heterocycles. The molecule has 106 heavy (non-hydrogen) atoms. The predicted molar refractivity (Wildman–Crippen MR) is 412 cm³/mol. The first kappa shape index (κ1) is 97.7. The Bertz CT molecular complexity index is 2150. The summed E-state index contributed by atoms with van der Waals surface area (Å²) in [4.78, 5) is 38.7. The van der Waals surface area contributed by atoms with Crippen LogP contribution in [0, 0.1) is 0 Å². The molecule has 3 aliphatic heterocycles. The molecular weight excluding hydrogens is 1360 g/mol. The van der Waals surface area contributed by atoms with Crippen molar-refractivity contribution in [3.63, 3.8) is 0 Å². The minimum Gasteiger partial charge on any atom is -0.477 e. The summed E-state index contributed by atoms with van der Waals surface area (Å²) in [5.41, 5.74) is 0. The molecule has 0 bridgehead atoms. The second kappa shape index (κ2) is 62.0. The lowest BCUT2D eigenvalue weighted by Crippen LogP contribution is -2.70. The Balaban J connectivity index is 1.48. The summed E-state index contributed by atoms with van der Waals surface area (Å²) in [6.45, 7) is 2.21. The van der Waals surface area contributed by atoms with Crippen LogP contribution in [-0.2, 0) is 42.8 Å². The van der Waals surface area contributed by atoms with Crippen molar-refractivity contribution in [2.75, 3.05) is 26.4 Å². The van der Waals surface area contributed by atoms with Crippen molar-refractivity contribution in [3.05, 3.63) is 12.2 Å². The van der Waals surface area contributed by atoms with Gasteiger partial charge in [-0.25, -0.2) is 4.79 Å². The molecule has 0 spiro atoms. The number of amides is 2. The predicted octanol–water partition coefficient (Wildman–Crippen LogP) is 12.5. The number of hydrogen-bond acceptors (Lipinski definition) is 20. The van der Waals surface area contributed by atoms with E-state index in [9.17, 15) is 75.7 Å². The smallest absolute Gasteiger partial charge is 0.364 e. The number of hydrogen-bond donors (Lipinski definition) is 14. The molecule has 3 aliphatic rings. The van der Waals surface area contributed by atoms with Gasteiger partial charge in [-0.15, -0.1) is 0 Å². The molecule has 0 aliphatic carbocycles. The van der Waals surface area contributed by atoms with E-state index in [-0.39, 0.29) is 12.3 Å². The van der Waals surface area contributed by atoms with Crippen molar-refractivity contribution in [2.24, 2.45) is 0 Å². The minimum absolute atomic E-state index is 0.206. The molecule has 624 valence electrons. The van der Waals surface area contributed by atoms with E-state index < -0.39 is 155 Å².